The van der Waals surface area contributed by atoms with Gasteiger partial charge >= 0.3 is 6.09 Å². The summed E-state index contributed by atoms with van der Waals surface area (Å²) >= 11 is 1.14. The van der Waals surface area contributed by atoms with Crippen LogP contribution >= 0.6 is 11.5 Å². The van der Waals surface area contributed by atoms with Gasteiger partial charge in [-0.2, -0.15) is 4.37 Å². The molecule has 3 rings (SSSR count). The Bertz CT molecular complexity index is 854. The average molecular weight is 401 g/mol. The third kappa shape index (κ3) is 5.01. The van der Waals surface area contributed by atoms with Gasteiger partial charge in [0.15, 0.2) is 5.78 Å². The molecular formula is C19H19N3O5S. The lowest BCUT2D eigenvalue weighted by molar-refractivity contribution is -0.143. The van der Waals surface area contributed by atoms with Crippen molar-refractivity contribution in [1.29, 1.82) is 0 Å². The first kappa shape index (κ1) is 19.7. The Morgan fingerprint density at radius 3 is 2.75 bits per heavy atom. The molecule has 2 atom stereocenters. The number of carbonyl (C=O) groups is 4. The number of carbonyl (C=O) groups excluding carboxylic acids is 4. The highest BCUT2D eigenvalue weighted by atomic mass is 32.1. The second kappa shape index (κ2) is 9.23. The largest absolute Gasteiger partial charge is 0.445 e. The molecule has 1 aliphatic heterocycles. The number of amides is 2. The maximum Gasteiger partial charge on any atom is 0.408 e. The van der Waals surface area contributed by atoms with Crippen LogP contribution in [0.1, 0.15) is 30.1 Å². The first-order valence-electron chi connectivity index (χ1n) is 8.77. The second-order valence-electron chi connectivity index (χ2n) is 6.34. The van der Waals surface area contributed by atoms with Crippen molar-refractivity contribution in [2.24, 2.45) is 5.92 Å². The highest BCUT2D eigenvalue weighted by Gasteiger charge is 2.34. The van der Waals surface area contributed by atoms with Crippen molar-refractivity contribution in [2.45, 2.75) is 25.5 Å². The topological polar surface area (TPSA) is 114 Å². The minimum atomic E-state index is -1.03. The van der Waals surface area contributed by atoms with E-state index in [1.807, 2.05) is 30.3 Å². The number of rotatable bonds is 7. The molecule has 8 nitrogen and oxygen atoms in total. The van der Waals surface area contributed by atoms with Gasteiger partial charge in [0.2, 0.25) is 5.78 Å². The molecule has 0 spiro atoms. The van der Waals surface area contributed by atoms with Crippen LogP contribution in [0.3, 0.4) is 0 Å². The molecule has 0 aliphatic carbocycles. The van der Waals surface area contributed by atoms with Crippen LogP contribution in [0, 0.1) is 5.92 Å². The predicted molar refractivity (Wildman–Crippen MR) is 100 cm³/mol. The molecule has 2 unspecified atom stereocenters. The van der Waals surface area contributed by atoms with E-state index in [1.165, 1.54) is 0 Å². The standard InChI is InChI=1S/C19H19N3O5S/c23-15(10-13-6-8-20-18(25)17(13)24)16(14-7-9-28-22-14)21-19(26)27-11-12-4-2-1-3-5-12/h1-5,7,9,13,16H,6,8,10-11H2,(H,20,25)(H,21,26). The highest BCUT2D eigenvalue weighted by Crippen LogP contribution is 2.21. The molecule has 2 heterocycles. The number of ether oxygens (including phenoxy) is 1. The fraction of sp³-hybridized carbons (Fsp3) is 0.316. The van der Waals surface area contributed by atoms with E-state index in [2.05, 4.69) is 15.0 Å². The van der Waals surface area contributed by atoms with E-state index in [-0.39, 0.29) is 13.0 Å². The lowest BCUT2D eigenvalue weighted by atomic mass is 9.88. The molecule has 1 aliphatic rings. The molecule has 28 heavy (non-hydrogen) atoms. The Kier molecular flexibility index (Phi) is 6.49. The van der Waals surface area contributed by atoms with E-state index >= 15 is 0 Å². The Labute approximate surface area is 165 Å². The van der Waals surface area contributed by atoms with Crippen LogP contribution in [0.15, 0.2) is 41.8 Å². The fourth-order valence-electron chi connectivity index (χ4n) is 2.89. The number of nitrogens with zero attached hydrogens (tertiary/aromatic N) is 1. The van der Waals surface area contributed by atoms with Crippen molar-refractivity contribution in [3.05, 3.63) is 53.0 Å². The quantitative estimate of drug-likeness (QED) is 0.684. The summed E-state index contributed by atoms with van der Waals surface area (Å²) in [6, 6.07) is 9.73. The SMILES string of the molecule is O=C(NC(C(=O)CC1CCNC(=O)C1=O)c1ccsn1)OCc1ccccc1. The molecular weight excluding hydrogens is 382 g/mol. The van der Waals surface area contributed by atoms with E-state index < -0.39 is 35.5 Å². The number of ketones is 2. The zero-order valence-corrected chi connectivity index (χ0v) is 15.7. The summed E-state index contributed by atoms with van der Waals surface area (Å²) in [6.07, 6.45) is -0.519. The number of aromatic nitrogens is 1. The monoisotopic (exact) mass is 401 g/mol. The summed E-state index contributed by atoms with van der Waals surface area (Å²) in [5.74, 6) is -2.37. The molecule has 2 aromatic rings. The van der Waals surface area contributed by atoms with Gasteiger partial charge in [-0.25, -0.2) is 4.79 Å². The summed E-state index contributed by atoms with van der Waals surface area (Å²) in [5.41, 5.74) is 1.19. The maximum atomic E-state index is 12.8. The van der Waals surface area contributed by atoms with Gasteiger partial charge in [-0.3, -0.25) is 14.4 Å². The molecule has 1 aromatic heterocycles. The number of nitrogens with one attached hydrogen (secondary N) is 2. The van der Waals surface area contributed by atoms with Gasteiger partial charge in [0, 0.05) is 24.3 Å². The van der Waals surface area contributed by atoms with Crippen LogP contribution in [-0.2, 0) is 25.7 Å². The molecule has 0 bridgehead atoms. The summed E-state index contributed by atoms with van der Waals surface area (Å²) in [7, 11) is 0. The molecule has 0 saturated carbocycles. The smallest absolute Gasteiger partial charge is 0.408 e. The van der Waals surface area contributed by atoms with Crippen LogP contribution in [0.25, 0.3) is 0 Å². The Morgan fingerprint density at radius 1 is 1.25 bits per heavy atom. The minimum absolute atomic E-state index is 0.0614. The number of alkyl carbamates (subject to hydrolysis) is 1. The Hall–Kier alpha value is -3.07. The minimum Gasteiger partial charge on any atom is -0.445 e. The molecule has 1 fully saturated rings. The Balaban J connectivity index is 1.64. The summed E-state index contributed by atoms with van der Waals surface area (Å²) in [5, 5.41) is 6.67. The van der Waals surface area contributed by atoms with E-state index in [4.69, 9.17) is 4.74 Å². The first-order chi connectivity index (χ1) is 13.5. The molecule has 2 amide bonds. The third-order valence-electron chi connectivity index (χ3n) is 4.37. The van der Waals surface area contributed by atoms with Crippen LogP contribution in [0.4, 0.5) is 4.79 Å². The first-order valence-corrected chi connectivity index (χ1v) is 9.60. The van der Waals surface area contributed by atoms with Crippen molar-refractivity contribution in [1.82, 2.24) is 15.0 Å². The molecule has 1 saturated heterocycles. The highest BCUT2D eigenvalue weighted by molar-refractivity contribution is 7.03. The summed E-state index contributed by atoms with van der Waals surface area (Å²) in [6.45, 7) is 0.405. The van der Waals surface area contributed by atoms with Crippen molar-refractivity contribution in [3.63, 3.8) is 0 Å². The van der Waals surface area contributed by atoms with Gasteiger partial charge in [0.25, 0.3) is 5.91 Å². The molecule has 146 valence electrons. The Morgan fingerprint density at radius 2 is 2.04 bits per heavy atom. The number of Topliss-reactive ketones (excluding diaryl/α,β-unsaturated/α-hetero) is 2. The molecule has 2 N–H and O–H groups in total. The lowest BCUT2D eigenvalue weighted by Gasteiger charge is -2.22. The molecule has 9 heteroatoms. The third-order valence-corrected chi connectivity index (χ3v) is 4.95. The van der Waals surface area contributed by atoms with Gasteiger partial charge in [-0.1, -0.05) is 30.3 Å². The van der Waals surface area contributed by atoms with Crippen molar-refractivity contribution >= 4 is 35.1 Å². The average Bonchev–Trinajstić information content (AvgIpc) is 3.23. The zero-order valence-electron chi connectivity index (χ0n) is 14.9. The van der Waals surface area contributed by atoms with Gasteiger partial charge in [0.05, 0.1) is 5.69 Å². The predicted octanol–water partition coefficient (Wildman–Crippen LogP) is 1.77. The molecule has 0 radical (unpaired) electrons. The van der Waals surface area contributed by atoms with E-state index in [0.717, 1.165) is 17.1 Å². The normalized spacial score (nSPS) is 17.5. The van der Waals surface area contributed by atoms with Crippen LogP contribution in [-0.4, -0.2) is 34.5 Å². The number of hydrogen-bond donors (Lipinski definition) is 2. The van der Waals surface area contributed by atoms with E-state index in [1.54, 1.807) is 11.4 Å². The van der Waals surface area contributed by atoms with Gasteiger partial charge in [-0.15, -0.1) is 0 Å². The zero-order chi connectivity index (χ0) is 19.9. The summed E-state index contributed by atoms with van der Waals surface area (Å²) in [4.78, 5) is 48.4. The van der Waals surface area contributed by atoms with E-state index in [0.29, 0.717) is 18.7 Å². The van der Waals surface area contributed by atoms with Gasteiger partial charge in [-0.05, 0) is 29.6 Å². The molecule has 1 aromatic carbocycles. The summed E-state index contributed by atoms with van der Waals surface area (Å²) < 4.78 is 9.30. The second-order valence-corrected chi connectivity index (χ2v) is 7.01. The van der Waals surface area contributed by atoms with Crippen LogP contribution in [0.5, 0.6) is 0 Å². The van der Waals surface area contributed by atoms with Crippen molar-refractivity contribution in [3.8, 4) is 0 Å². The van der Waals surface area contributed by atoms with E-state index in [9.17, 15) is 19.2 Å². The van der Waals surface area contributed by atoms with Crippen molar-refractivity contribution in [2.75, 3.05) is 6.54 Å². The van der Waals surface area contributed by atoms with Gasteiger partial charge in [0.1, 0.15) is 12.6 Å². The maximum absolute atomic E-state index is 12.8. The van der Waals surface area contributed by atoms with Crippen molar-refractivity contribution < 1.29 is 23.9 Å². The van der Waals surface area contributed by atoms with Crippen LogP contribution < -0.4 is 10.6 Å². The number of piperidine rings is 1. The van der Waals surface area contributed by atoms with Crippen LogP contribution in [0.2, 0.25) is 0 Å². The van der Waals surface area contributed by atoms with Gasteiger partial charge < -0.3 is 15.4 Å². The fourth-order valence-corrected chi connectivity index (χ4v) is 3.44. The number of benzene rings is 1. The number of hydrogen-bond acceptors (Lipinski definition) is 7. The lowest BCUT2D eigenvalue weighted by Crippen LogP contribution is -2.44.